The summed E-state index contributed by atoms with van der Waals surface area (Å²) in [5.41, 5.74) is -1.54. The fourth-order valence-corrected chi connectivity index (χ4v) is 2.88. The SMILES string of the molecule is CCCC(=O)Oc1ccc(S(F)(F)(F)(F)F)c(Cl)c1[N+](=O)[O-]. The molecule has 0 aliphatic rings. The molecular weight excluding hydrogens is 361 g/mol. The van der Waals surface area contributed by atoms with Gasteiger partial charge in [-0.05, 0) is 18.6 Å². The van der Waals surface area contributed by atoms with Crippen LogP contribution in [0.25, 0.3) is 0 Å². The lowest BCUT2D eigenvalue weighted by Crippen LogP contribution is -2.11. The van der Waals surface area contributed by atoms with Crippen LogP contribution in [-0.4, -0.2) is 10.9 Å². The number of esters is 1. The minimum Gasteiger partial charge on any atom is -0.419 e. The summed E-state index contributed by atoms with van der Waals surface area (Å²) in [5.74, 6) is -1.90. The van der Waals surface area contributed by atoms with E-state index in [0.29, 0.717) is 6.42 Å². The van der Waals surface area contributed by atoms with Crippen molar-refractivity contribution in [2.24, 2.45) is 0 Å². The van der Waals surface area contributed by atoms with Gasteiger partial charge in [-0.2, -0.15) is 0 Å². The first-order valence-electron chi connectivity index (χ1n) is 5.59. The number of carbonyl (C=O) groups is 1. The largest absolute Gasteiger partial charge is 0.419 e. The molecule has 0 N–H and O–H groups in total. The van der Waals surface area contributed by atoms with Crippen LogP contribution in [0, 0.1) is 10.1 Å². The molecule has 1 rings (SSSR count). The zero-order valence-electron chi connectivity index (χ0n) is 10.8. The number of nitro groups is 1. The quantitative estimate of drug-likeness (QED) is 0.222. The van der Waals surface area contributed by atoms with E-state index in [1.165, 1.54) is 0 Å². The highest BCUT2D eigenvalue weighted by molar-refractivity contribution is 8.45. The second kappa shape index (κ2) is 4.95. The summed E-state index contributed by atoms with van der Waals surface area (Å²) in [6.07, 6.45) is 0.141. The molecule has 0 heterocycles. The molecule has 0 atom stereocenters. The molecular formula is C10H9ClF5NO4S. The second-order valence-corrected chi connectivity index (χ2v) is 6.93. The number of halogens is 6. The highest BCUT2D eigenvalue weighted by Gasteiger charge is 2.67. The maximum atomic E-state index is 12.8. The summed E-state index contributed by atoms with van der Waals surface area (Å²) in [4.78, 5) is 18.0. The third kappa shape index (κ3) is 4.19. The van der Waals surface area contributed by atoms with E-state index in [2.05, 4.69) is 4.74 Å². The maximum Gasteiger partial charge on any atom is 0.331 e. The number of nitrogens with zero attached hydrogens (tertiary/aromatic N) is 1. The van der Waals surface area contributed by atoms with Gasteiger partial charge in [-0.15, -0.1) is 0 Å². The van der Waals surface area contributed by atoms with Gasteiger partial charge in [-0.3, -0.25) is 14.9 Å². The number of rotatable bonds is 5. The third-order valence-electron chi connectivity index (χ3n) is 2.32. The van der Waals surface area contributed by atoms with Crippen LogP contribution in [-0.2, 0) is 4.79 Å². The van der Waals surface area contributed by atoms with Crippen LogP contribution in [0.15, 0.2) is 17.0 Å². The molecule has 5 nitrogen and oxygen atoms in total. The number of ether oxygens (including phenoxy) is 1. The minimum atomic E-state index is -10.2. The summed E-state index contributed by atoms with van der Waals surface area (Å²) >= 11 is 5.13. The Bertz CT molecular complexity index is 649. The first-order valence-corrected chi connectivity index (χ1v) is 7.92. The van der Waals surface area contributed by atoms with E-state index < -0.39 is 42.5 Å². The molecule has 0 spiro atoms. The summed E-state index contributed by atoms with van der Waals surface area (Å²) in [6, 6.07) is 0.121. The lowest BCUT2D eigenvalue weighted by atomic mass is 10.3. The van der Waals surface area contributed by atoms with E-state index in [4.69, 9.17) is 11.6 Å². The van der Waals surface area contributed by atoms with Crippen molar-refractivity contribution in [2.45, 2.75) is 24.7 Å². The van der Waals surface area contributed by atoms with Crippen molar-refractivity contribution in [2.75, 3.05) is 0 Å². The Morgan fingerprint density at radius 1 is 1.32 bits per heavy atom. The van der Waals surface area contributed by atoms with E-state index in [1.807, 2.05) is 0 Å². The molecule has 0 bridgehead atoms. The monoisotopic (exact) mass is 369 g/mol. The third-order valence-corrected chi connectivity index (χ3v) is 3.99. The molecule has 0 saturated heterocycles. The van der Waals surface area contributed by atoms with Crippen molar-refractivity contribution in [3.05, 3.63) is 27.3 Å². The van der Waals surface area contributed by atoms with Gasteiger partial charge in [0.2, 0.25) is 5.75 Å². The van der Waals surface area contributed by atoms with Crippen LogP contribution < -0.4 is 4.74 Å². The molecule has 0 fully saturated rings. The normalized spacial score (nSPS) is 14.9. The van der Waals surface area contributed by atoms with Crippen LogP contribution in [0.4, 0.5) is 25.1 Å². The molecule has 1 aromatic rings. The lowest BCUT2D eigenvalue weighted by Gasteiger charge is -2.40. The minimum absolute atomic E-state index is 0.147. The highest BCUT2D eigenvalue weighted by Crippen LogP contribution is 3.02. The average molecular weight is 370 g/mol. The molecule has 0 radical (unpaired) electrons. The Morgan fingerprint density at radius 2 is 1.86 bits per heavy atom. The predicted molar refractivity (Wildman–Crippen MR) is 70.0 cm³/mol. The Morgan fingerprint density at radius 3 is 2.27 bits per heavy atom. The fourth-order valence-electron chi connectivity index (χ4n) is 1.46. The van der Waals surface area contributed by atoms with Crippen LogP contribution >= 0.6 is 21.8 Å². The van der Waals surface area contributed by atoms with Crippen molar-refractivity contribution < 1.29 is 33.9 Å². The van der Waals surface area contributed by atoms with Crippen molar-refractivity contribution in [1.82, 2.24) is 0 Å². The van der Waals surface area contributed by atoms with Crippen molar-refractivity contribution in [3.8, 4) is 5.75 Å². The van der Waals surface area contributed by atoms with Gasteiger partial charge in [0.05, 0.1) is 4.92 Å². The standard InChI is InChI=1S/C10H9ClF5NO4S/c1-2-3-8(18)21-6-4-5-7(22(12,13,14,15)16)9(11)10(6)17(19)20/h4-5H,2-3H2,1H3. The van der Waals surface area contributed by atoms with E-state index in [1.54, 1.807) is 6.92 Å². The van der Waals surface area contributed by atoms with Crippen LogP contribution in [0.3, 0.4) is 0 Å². The summed E-state index contributed by atoms with van der Waals surface area (Å²) in [7, 11) is -10.2. The fraction of sp³-hybridized carbons (Fsp3) is 0.300. The van der Waals surface area contributed by atoms with E-state index in [9.17, 15) is 34.3 Å². The summed E-state index contributed by atoms with van der Waals surface area (Å²) in [6.45, 7) is 1.58. The molecule has 0 amide bonds. The number of hydrogen-bond donors (Lipinski definition) is 0. The number of benzene rings is 1. The number of hydrogen-bond acceptors (Lipinski definition) is 4. The Hall–Kier alpha value is -1.62. The highest BCUT2D eigenvalue weighted by atomic mass is 35.5. The Labute approximate surface area is 125 Å². The smallest absolute Gasteiger partial charge is 0.331 e. The van der Waals surface area contributed by atoms with Gasteiger partial charge in [-0.25, -0.2) is 0 Å². The summed E-state index contributed by atoms with van der Waals surface area (Å²) in [5, 5.41) is 8.97. The van der Waals surface area contributed by atoms with Crippen molar-refractivity contribution >= 4 is 33.5 Å². The zero-order chi connectivity index (χ0) is 17.4. The van der Waals surface area contributed by atoms with E-state index in [0.717, 1.165) is 0 Å². The van der Waals surface area contributed by atoms with Gasteiger partial charge < -0.3 is 4.74 Å². The molecule has 126 valence electrons. The molecule has 0 aliphatic heterocycles. The van der Waals surface area contributed by atoms with Crippen molar-refractivity contribution in [1.29, 1.82) is 0 Å². The Balaban J connectivity index is 3.53. The molecule has 0 unspecified atom stereocenters. The molecule has 0 aromatic heterocycles. The molecule has 0 saturated carbocycles. The van der Waals surface area contributed by atoms with Gasteiger partial charge >= 0.3 is 21.9 Å². The Kier molecular flexibility index (Phi) is 4.14. The van der Waals surface area contributed by atoms with Crippen LogP contribution in [0.5, 0.6) is 5.75 Å². The lowest BCUT2D eigenvalue weighted by molar-refractivity contribution is -0.385. The van der Waals surface area contributed by atoms with Crippen molar-refractivity contribution in [3.63, 3.8) is 0 Å². The average Bonchev–Trinajstić information content (AvgIpc) is 2.24. The van der Waals surface area contributed by atoms with Gasteiger partial charge in [0, 0.05) is 6.42 Å². The first-order chi connectivity index (χ1) is 9.67. The van der Waals surface area contributed by atoms with Gasteiger partial charge in [0.25, 0.3) is 0 Å². The number of nitro benzene ring substituents is 1. The van der Waals surface area contributed by atoms with Gasteiger partial charge in [-0.1, -0.05) is 38.0 Å². The molecule has 12 heteroatoms. The van der Waals surface area contributed by atoms with Crippen LogP contribution in [0.1, 0.15) is 19.8 Å². The van der Waals surface area contributed by atoms with Gasteiger partial charge in [0.15, 0.2) is 0 Å². The first kappa shape index (κ1) is 18.4. The molecule has 0 aliphatic carbocycles. The van der Waals surface area contributed by atoms with Crippen LogP contribution in [0.2, 0.25) is 5.02 Å². The van der Waals surface area contributed by atoms with E-state index >= 15 is 0 Å². The molecule has 1 aromatic carbocycles. The van der Waals surface area contributed by atoms with Gasteiger partial charge in [0.1, 0.15) is 9.92 Å². The zero-order valence-corrected chi connectivity index (χ0v) is 12.4. The maximum absolute atomic E-state index is 12.8. The van der Waals surface area contributed by atoms with E-state index in [-0.39, 0.29) is 18.6 Å². The molecule has 22 heavy (non-hydrogen) atoms. The predicted octanol–water partition coefficient (Wildman–Crippen LogP) is 5.61. The number of carbonyl (C=O) groups excluding carboxylic acids is 1. The topological polar surface area (TPSA) is 69.4 Å². The summed E-state index contributed by atoms with van der Waals surface area (Å²) < 4.78 is 68.3. The second-order valence-electron chi connectivity index (χ2n) is 4.17.